The minimum Gasteiger partial charge on any atom is -0.389 e. The molecule has 20 heavy (non-hydrogen) atoms. The Morgan fingerprint density at radius 3 is 2.50 bits per heavy atom. The van der Waals surface area contributed by atoms with Crippen molar-refractivity contribution in [1.29, 1.82) is 0 Å². The summed E-state index contributed by atoms with van der Waals surface area (Å²) in [6, 6.07) is 0. The second kappa shape index (κ2) is 5.64. The van der Waals surface area contributed by atoms with Gasteiger partial charge in [-0.25, -0.2) is 0 Å². The van der Waals surface area contributed by atoms with E-state index >= 15 is 0 Å². The molecule has 0 aromatic heterocycles. The number of aliphatic hydroxyl groups is 1. The summed E-state index contributed by atoms with van der Waals surface area (Å²) in [4.78, 5) is 12.2. The second-order valence-electron chi connectivity index (χ2n) is 7.34. The number of carbonyl (C=O) groups is 1. The molecule has 1 amide bonds. The smallest absolute Gasteiger partial charge is 0.223 e. The minimum absolute atomic E-state index is 0.166. The average Bonchev–Trinajstić information content (AvgIpc) is 2.84. The van der Waals surface area contributed by atoms with E-state index in [9.17, 15) is 9.90 Å². The fraction of sp³-hybridized carbons (Fsp3) is 0.938. The summed E-state index contributed by atoms with van der Waals surface area (Å²) in [5, 5.41) is 12.7. The van der Waals surface area contributed by atoms with Crippen molar-refractivity contribution < 1.29 is 14.6 Å². The highest BCUT2D eigenvalue weighted by atomic mass is 16.5. The molecule has 0 saturated heterocycles. The highest BCUT2D eigenvalue weighted by Crippen LogP contribution is 2.69. The van der Waals surface area contributed by atoms with Crippen LogP contribution in [-0.2, 0) is 9.53 Å². The normalized spacial score (nSPS) is 38.9. The van der Waals surface area contributed by atoms with E-state index in [-0.39, 0.29) is 11.8 Å². The summed E-state index contributed by atoms with van der Waals surface area (Å²) in [6.45, 7) is 5.44. The van der Waals surface area contributed by atoms with E-state index in [1.807, 2.05) is 0 Å². The van der Waals surface area contributed by atoms with Gasteiger partial charge in [-0.3, -0.25) is 4.79 Å². The third kappa shape index (κ3) is 2.73. The van der Waals surface area contributed by atoms with Gasteiger partial charge in [0.25, 0.3) is 0 Å². The SMILES string of the molecule is CC(C)COCC(O)CNC(=O)C1C2C3CCC(C3)C12. The number of amides is 1. The van der Waals surface area contributed by atoms with E-state index < -0.39 is 6.10 Å². The van der Waals surface area contributed by atoms with E-state index in [1.54, 1.807) is 0 Å². The van der Waals surface area contributed by atoms with Crippen LogP contribution < -0.4 is 5.32 Å². The average molecular weight is 281 g/mol. The van der Waals surface area contributed by atoms with Gasteiger partial charge in [0.15, 0.2) is 0 Å². The highest BCUT2D eigenvalue weighted by molar-refractivity contribution is 5.82. The first kappa shape index (κ1) is 14.3. The fourth-order valence-electron chi connectivity index (χ4n) is 4.51. The van der Waals surface area contributed by atoms with Crippen LogP contribution in [0.3, 0.4) is 0 Å². The lowest BCUT2D eigenvalue weighted by Crippen LogP contribution is -2.36. The van der Waals surface area contributed by atoms with E-state index in [2.05, 4.69) is 19.2 Å². The largest absolute Gasteiger partial charge is 0.389 e. The minimum atomic E-state index is -0.590. The van der Waals surface area contributed by atoms with E-state index in [4.69, 9.17) is 4.74 Å². The summed E-state index contributed by atoms with van der Waals surface area (Å²) in [6.07, 6.45) is 3.45. The van der Waals surface area contributed by atoms with Crippen LogP contribution in [0.1, 0.15) is 33.1 Å². The van der Waals surface area contributed by atoms with Gasteiger partial charge in [-0.1, -0.05) is 13.8 Å². The van der Waals surface area contributed by atoms with Gasteiger partial charge in [-0.15, -0.1) is 0 Å². The number of hydrogen-bond donors (Lipinski definition) is 2. The van der Waals surface area contributed by atoms with Crippen molar-refractivity contribution in [2.75, 3.05) is 19.8 Å². The zero-order chi connectivity index (χ0) is 14.3. The number of fused-ring (bicyclic) bond motifs is 5. The lowest BCUT2D eigenvalue weighted by atomic mass is 10.0. The van der Waals surface area contributed by atoms with Gasteiger partial charge in [0, 0.05) is 19.1 Å². The number of ether oxygens (including phenoxy) is 1. The third-order valence-corrected chi connectivity index (χ3v) is 5.31. The molecule has 0 aliphatic heterocycles. The number of rotatable bonds is 7. The molecule has 5 unspecified atom stereocenters. The Kier molecular flexibility index (Phi) is 4.04. The quantitative estimate of drug-likeness (QED) is 0.742. The topological polar surface area (TPSA) is 58.6 Å². The summed E-state index contributed by atoms with van der Waals surface area (Å²) in [5.41, 5.74) is 0. The van der Waals surface area contributed by atoms with Crippen LogP contribution in [-0.4, -0.2) is 36.9 Å². The maximum atomic E-state index is 12.2. The van der Waals surface area contributed by atoms with Gasteiger partial charge in [0.05, 0.1) is 12.7 Å². The second-order valence-corrected chi connectivity index (χ2v) is 7.34. The Bertz CT molecular complexity index is 355. The van der Waals surface area contributed by atoms with Crippen molar-refractivity contribution in [3.05, 3.63) is 0 Å². The lowest BCUT2D eigenvalue weighted by molar-refractivity contribution is -0.124. The molecule has 3 aliphatic rings. The Hall–Kier alpha value is -0.610. The van der Waals surface area contributed by atoms with E-state index in [1.165, 1.54) is 19.3 Å². The summed E-state index contributed by atoms with van der Waals surface area (Å²) >= 11 is 0. The van der Waals surface area contributed by atoms with Crippen molar-refractivity contribution in [2.45, 2.75) is 39.2 Å². The number of nitrogens with one attached hydrogen (secondary N) is 1. The Morgan fingerprint density at radius 2 is 1.90 bits per heavy atom. The van der Waals surface area contributed by atoms with E-state index in [0.717, 1.165) is 11.8 Å². The molecular formula is C16H27NO3. The monoisotopic (exact) mass is 281 g/mol. The fourth-order valence-corrected chi connectivity index (χ4v) is 4.51. The summed E-state index contributed by atoms with van der Waals surface area (Å²) < 4.78 is 5.38. The first-order valence-electron chi connectivity index (χ1n) is 8.11. The summed E-state index contributed by atoms with van der Waals surface area (Å²) in [5.74, 6) is 3.87. The predicted octanol–water partition coefficient (Wildman–Crippen LogP) is 1.43. The molecule has 0 radical (unpaired) electrons. The van der Waals surface area contributed by atoms with Crippen molar-refractivity contribution in [2.24, 2.45) is 35.5 Å². The molecule has 3 rings (SSSR count). The molecule has 4 heteroatoms. The van der Waals surface area contributed by atoms with Crippen molar-refractivity contribution in [3.63, 3.8) is 0 Å². The van der Waals surface area contributed by atoms with Crippen LogP contribution in [0.25, 0.3) is 0 Å². The van der Waals surface area contributed by atoms with Gasteiger partial charge in [-0.05, 0) is 48.9 Å². The molecule has 0 aromatic rings. The predicted molar refractivity (Wildman–Crippen MR) is 76.0 cm³/mol. The molecule has 0 heterocycles. The molecule has 5 atom stereocenters. The maximum absolute atomic E-state index is 12.2. The first-order chi connectivity index (χ1) is 9.58. The Morgan fingerprint density at radius 1 is 1.25 bits per heavy atom. The van der Waals surface area contributed by atoms with Crippen LogP contribution >= 0.6 is 0 Å². The van der Waals surface area contributed by atoms with Crippen LogP contribution in [0.2, 0.25) is 0 Å². The molecular weight excluding hydrogens is 254 g/mol. The molecule has 0 spiro atoms. The van der Waals surface area contributed by atoms with Gasteiger partial charge < -0.3 is 15.2 Å². The number of hydrogen-bond acceptors (Lipinski definition) is 3. The molecule has 114 valence electrons. The molecule has 2 N–H and O–H groups in total. The molecule has 3 fully saturated rings. The Balaban J connectivity index is 1.34. The van der Waals surface area contributed by atoms with Crippen LogP contribution in [0, 0.1) is 35.5 Å². The molecule has 2 bridgehead atoms. The maximum Gasteiger partial charge on any atom is 0.223 e. The molecule has 0 aromatic carbocycles. The zero-order valence-corrected chi connectivity index (χ0v) is 12.5. The molecule has 3 aliphatic carbocycles. The van der Waals surface area contributed by atoms with Crippen molar-refractivity contribution in [1.82, 2.24) is 5.32 Å². The van der Waals surface area contributed by atoms with E-state index in [0.29, 0.717) is 37.5 Å². The van der Waals surface area contributed by atoms with Crippen LogP contribution in [0.15, 0.2) is 0 Å². The van der Waals surface area contributed by atoms with Crippen LogP contribution in [0.4, 0.5) is 0 Å². The van der Waals surface area contributed by atoms with Crippen LogP contribution in [0.5, 0.6) is 0 Å². The van der Waals surface area contributed by atoms with Gasteiger partial charge >= 0.3 is 0 Å². The van der Waals surface area contributed by atoms with Gasteiger partial charge in [0.1, 0.15) is 0 Å². The number of carbonyl (C=O) groups excluding carboxylic acids is 1. The molecule has 4 nitrogen and oxygen atoms in total. The van der Waals surface area contributed by atoms with Crippen molar-refractivity contribution in [3.8, 4) is 0 Å². The van der Waals surface area contributed by atoms with Crippen molar-refractivity contribution >= 4 is 5.91 Å². The van der Waals surface area contributed by atoms with Gasteiger partial charge in [-0.2, -0.15) is 0 Å². The van der Waals surface area contributed by atoms with Gasteiger partial charge in [0.2, 0.25) is 5.91 Å². The standard InChI is InChI=1S/C16H27NO3/c1-9(2)7-20-8-12(18)6-17-16(19)15-13-10-3-4-11(5-10)14(13)15/h9-15,18H,3-8H2,1-2H3,(H,17,19). The first-order valence-corrected chi connectivity index (χ1v) is 8.11. The summed E-state index contributed by atoms with van der Waals surface area (Å²) in [7, 11) is 0. The zero-order valence-electron chi connectivity index (χ0n) is 12.5. The molecule has 3 saturated carbocycles. The third-order valence-electron chi connectivity index (χ3n) is 5.31. The highest BCUT2D eigenvalue weighted by Gasteiger charge is 2.67. The lowest BCUT2D eigenvalue weighted by Gasteiger charge is -2.14. The Labute approximate surface area is 121 Å². The number of aliphatic hydroxyl groups excluding tert-OH is 1.